The SMILES string of the molecule is CC1C(O)C2(OCC34C(=O)C=C5C6(C)Cc7nc8c(nc7CC6CCC5(O)C35OC5CC4C2C)CC2(C)C(CCC3C4=CC5OC6(OC(C)(CO)CC6O)C(C)C5(O)C4(C)C(O)CC32)C8)OC1(C)C. The molecule has 1 aromatic heterocycles. The second-order valence-electron chi connectivity index (χ2n) is 26.9. The number of fused-ring (bicyclic) bond motifs is 12. The van der Waals surface area contributed by atoms with Crippen LogP contribution in [-0.2, 0) is 54.2 Å². The molecular weight excluding hydrogens is 881 g/mol. The Balaban J connectivity index is 0.755. The molecule has 1 aromatic rings. The molecule has 4 spiro atoms. The van der Waals surface area contributed by atoms with Gasteiger partial charge < -0.3 is 54.3 Å². The molecule has 5 aliphatic heterocycles. The van der Waals surface area contributed by atoms with Gasteiger partial charge in [0.1, 0.15) is 35.1 Å². The van der Waals surface area contributed by atoms with E-state index in [0.29, 0.717) is 38.0 Å². The predicted molar refractivity (Wildman–Crippen MR) is 246 cm³/mol. The van der Waals surface area contributed by atoms with Gasteiger partial charge in [0.05, 0.1) is 64.8 Å². The molecule has 69 heavy (non-hydrogen) atoms. The van der Waals surface area contributed by atoms with Gasteiger partial charge in [-0.3, -0.25) is 14.8 Å². The van der Waals surface area contributed by atoms with Crippen molar-refractivity contribution in [2.24, 2.45) is 69.0 Å². The molecular formula is C55H74N2O12. The zero-order valence-electron chi connectivity index (χ0n) is 41.9. The molecule has 5 saturated heterocycles. The van der Waals surface area contributed by atoms with Gasteiger partial charge in [0, 0.05) is 41.4 Å². The number of allylic oxidation sites excluding steroid dienone is 1. The van der Waals surface area contributed by atoms with E-state index in [0.717, 1.165) is 66.0 Å². The number of hydrogen-bond donors (Lipinski definition) is 6. The largest absolute Gasteiger partial charge is 0.393 e. The Hall–Kier alpha value is -2.21. The zero-order chi connectivity index (χ0) is 48.6. The number of carbonyl (C=O) groups excluding carboxylic acids is 1. The first-order chi connectivity index (χ1) is 32.3. The minimum Gasteiger partial charge on any atom is -0.393 e. The van der Waals surface area contributed by atoms with Gasteiger partial charge in [0.2, 0.25) is 5.79 Å². The monoisotopic (exact) mass is 955 g/mol. The van der Waals surface area contributed by atoms with Gasteiger partial charge in [0.25, 0.3) is 0 Å². The van der Waals surface area contributed by atoms with Gasteiger partial charge in [-0.25, -0.2) is 0 Å². The summed E-state index contributed by atoms with van der Waals surface area (Å²) in [7, 11) is 0. The van der Waals surface area contributed by atoms with Gasteiger partial charge in [0.15, 0.2) is 11.6 Å². The van der Waals surface area contributed by atoms with E-state index in [9.17, 15) is 30.6 Å². The maximum atomic E-state index is 15.1. The quantitative estimate of drug-likeness (QED) is 0.174. The average molecular weight is 955 g/mol. The number of rotatable bonds is 1. The highest BCUT2D eigenvalue weighted by molar-refractivity contribution is 6.01. The third-order valence-electron chi connectivity index (χ3n) is 24.2. The van der Waals surface area contributed by atoms with Crippen LogP contribution < -0.4 is 0 Å². The lowest BCUT2D eigenvalue weighted by Gasteiger charge is -2.62. The Labute approximate surface area is 405 Å². The molecule has 0 bridgehead atoms. The highest BCUT2D eigenvalue weighted by Gasteiger charge is 2.91. The van der Waals surface area contributed by atoms with Crippen molar-refractivity contribution in [2.75, 3.05) is 13.2 Å². The van der Waals surface area contributed by atoms with Crippen LogP contribution in [0.5, 0.6) is 0 Å². The lowest BCUT2D eigenvalue weighted by Crippen LogP contribution is -2.73. The molecule has 13 aliphatic rings. The Morgan fingerprint density at radius 3 is 2.17 bits per heavy atom. The summed E-state index contributed by atoms with van der Waals surface area (Å²) in [5.74, 6) is -3.37. The molecule has 4 saturated carbocycles. The molecule has 14 rings (SSSR count). The van der Waals surface area contributed by atoms with Crippen molar-refractivity contribution in [3.05, 3.63) is 46.1 Å². The Kier molecular flexibility index (Phi) is 8.55. The van der Waals surface area contributed by atoms with E-state index in [-0.39, 0.29) is 72.4 Å². The molecule has 0 aromatic carbocycles. The second-order valence-corrected chi connectivity index (χ2v) is 26.9. The van der Waals surface area contributed by atoms with Crippen LogP contribution in [0.4, 0.5) is 0 Å². The van der Waals surface area contributed by atoms with E-state index in [2.05, 4.69) is 26.8 Å². The fourth-order valence-corrected chi connectivity index (χ4v) is 19.9. The maximum Gasteiger partial charge on any atom is 0.201 e. The number of epoxide rings is 1. The fraction of sp³-hybridized carbons (Fsp3) is 0.836. The summed E-state index contributed by atoms with van der Waals surface area (Å²) in [5.41, 5.74) is -2.50. The number of aliphatic hydroxyl groups excluding tert-OH is 4. The Bertz CT molecular complexity index is 2590. The van der Waals surface area contributed by atoms with Crippen LogP contribution in [0.1, 0.15) is 130 Å². The van der Waals surface area contributed by atoms with Crippen LogP contribution in [-0.4, -0.2) is 130 Å². The minimum atomic E-state index is -1.52. The number of aliphatic hydroxyl groups is 6. The summed E-state index contributed by atoms with van der Waals surface area (Å²) >= 11 is 0. The Morgan fingerprint density at radius 1 is 0.783 bits per heavy atom. The van der Waals surface area contributed by atoms with Crippen molar-refractivity contribution < 1.29 is 59.1 Å². The van der Waals surface area contributed by atoms with E-state index in [1.807, 2.05) is 34.6 Å². The van der Waals surface area contributed by atoms with E-state index < -0.39 is 86.2 Å². The zero-order valence-corrected chi connectivity index (χ0v) is 41.9. The summed E-state index contributed by atoms with van der Waals surface area (Å²) in [5, 5.41) is 72.0. The molecule has 6 heterocycles. The number of ether oxygens (including phenoxy) is 5. The molecule has 8 aliphatic carbocycles. The number of nitrogens with zero attached hydrogens (tertiary/aromatic N) is 2. The van der Waals surface area contributed by atoms with Crippen LogP contribution in [0.3, 0.4) is 0 Å². The van der Waals surface area contributed by atoms with E-state index in [4.69, 9.17) is 33.7 Å². The fourth-order valence-electron chi connectivity index (χ4n) is 19.9. The average Bonchev–Trinajstić information content (AvgIpc) is 3.57. The van der Waals surface area contributed by atoms with Crippen LogP contribution in [0.25, 0.3) is 0 Å². The molecule has 0 radical (unpaired) electrons. The van der Waals surface area contributed by atoms with Crippen molar-refractivity contribution in [1.82, 2.24) is 9.97 Å². The first kappa shape index (κ1) is 45.4. The molecule has 6 N–H and O–H groups in total. The van der Waals surface area contributed by atoms with Crippen LogP contribution in [0, 0.1) is 69.0 Å². The molecule has 0 amide bonds. The van der Waals surface area contributed by atoms with Crippen molar-refractivity contribution in [2.45, 2.75) is 203 Å². The minimum absolute atomic E-state index is 0.0323. The highest BCUT2D eigenvalue weighted by atomic mass is 16.7. The van der Waals surface area contributed by atoms with Gasteiger partial charge in [-0.2, -0.15) is 0 Å². The lowest BCUT2D eigenvalue weighted by atomic mass is 9.44. The first-order valence-electron chi connectivity index (χ1n) is 26.7. The molecule has 23 unspecified atom stereocenters. The topological polar surface area (TPSA) is 214 Å². The number of carbonyl (C=O) groups is 1. The van der Waals surface area contributed by atoms with Gasteiger partial charge in [-0.05, 0) is 125 Å². The predicted octanol–water partition coefficient (Wildman–Crippen LogP) is 4.00. The van der Waals surface area contributed by atoms with Crippen molar-refractivity contribution >= 4 is 5.78 Å². The maximum absolute atomic E-state index is 15.1. The van der Waals surface area contributed by atoms with Gasteiger partial charge >= 0.3 is 0 Å². The molecule has 376 valence electrons. The van der Waals surface area contributed by atoms with E-state index >= 15 is 4.79 Å². The number of hydrogen-bond acceptors (Lipinski definition) is 14. The van der Waals surface area contributed by atoms with Crippen LogP contribution in [0.2, 0.25) is 0 Å². The van der Waals surface area contributed by atoms with Gasteiger partial charge in [-0.15, -0.1) is 0 Å². The summed E-state index contributed by atoms with van der Waals surface area (Å²) in [6.45, 7) is 18.0. The van der Waals surface area contributed by atoms with Crippen molar-refractivity contribution in [3.63, 3.8) is 0 Å². The van der Waals surface area contributed by atoms with Gasteiger partial charge in [-0.1, -0.05) is 53.2 Å². The molecule has 14 nitrogen and oxygen atoms in total. The lowest BCUT2D eigenvalue weighted by molar-refractivity contribution is -0.347. The normalized spacial score (nSPS) is 59.6. The number of aromatic nitrogens is 2. The molecule has 9 fully saturated rings. The summed E-state index contributed by atoms with van der Waals surface area (Å²) < 4.78 is 33.1. The first-order valence-corrected chi connectivity index (χ1v) is 26.7. The second kappa shape index (κ2) is 13.0. The summed E-state index contributed by atoms with van der Waals surface area (Å²) in [4.78, 5) is 26.2. The van der Waals surface area contributed by atoms with Crippen molar-refractivity contribution in [3.8, 4) is 0 Å². The standard InChI is InChI=1S/C55H74N2O12/c1-25-31-17-43-55(67-43)50(31,24-65-53(25)44(62)26(2)45(4,5)68-53)40(60)19-38-48(8)21-37-35(15-29(48)12-13-51(38,55)63)56-36-20-47(7)28(14-34(36)57-37)10-11-30-32(47)16-39(59)49(9)33(30)18-42-52(49,64)27(3)54(66-42)41(61)22-46(6,23-58)69-54/h18-19,25-32,39,41-44,58-59,61-64H,10-17,20-24H2,1-9H3. The summed E-state index contributed by atoms with van der Waals surface area (Å²) in [6.07, 6.45) is 7.27. The smallest absolute Gasteiger partial charge is 0.201 e. The van der Waals surface area contributed by atoms with E-state index in [1.165, 1.54) is 0 Å². The molecule has 14 heteroatoms. The third-order valence-corrected chi connectivity index (χ3v) is 24.2. The Morgan fingerprint density at radius 2 is 1.49 bits per heavy atom. The summed E-state index contributed by atoms with van der Waals surface area (Å²) in [6, 6.07) is 0. The van der Waals surface area contributed by atoms with Crippen LogP contribution >= 0.6 is 0 Å². The number of ketones is 1. The van der Waals surface area contributed by atoms with E-state index in [1.54, 1.807) is 13.0 Å². The third kappa shape index (κ3) is 4.69. The molecule has 23 atom stereocenters. The van der Waals surface area contributed by atoms with Crippen molar-refractivity contribution in [1.29, 1.82) is 0 Å². The van der Waals surface area contributed by atoms with Crippen LogP contribution in [0.15, 0.2) is 23.3 Å². The highest BCUT2D eigenvalue weighted by Crippen LogP contribution is 2.79.